The van der Waals surface area contributed by atoms with Gasteiger partial charge in [-0.1, -0.05) is 54.4 Å². The predicted octanol–water partition coefficient (Wildman–Crippen LogP) is 5.81. The number of hydrogen-bond acceptors (Lipinski definition) is 4. The first-order valence-electron chi connectivity index (χ1n) is 13.2. The smallest absolute Gasteiger partial charge is 0.253 e. The van der Waals surface area contributed by atoms with Gasteiger partial charge in [-0.05, 0) is 56.5 Å². The number of benzene rings is 1. The molecule has 8 heteroatoms. The molecule has 1 amide bonds. The molecule has 0 radical (unpaired) electrons. The largest absolute Gasteiger partial charge is 0.377 e. The Balaban J connectivity index is 1.28. The second-order valence-corrected chi connectivity index (χ2v) is 10.5. The van der Waals surface area contributed by atoms with Gasteiger partial charge >= 0.3 is 0 Å². The average Bonchev–Trinajstić information content (AvgIpc) is 3.24. The van der Waals surface area contributed by atoms with Gasteiger partial charge < -0.3 is 19.5 Å². The summed E-state index contributed by atoms with van der Waals surface area (Å²) in [6, 6.07) is 7.83. The van der Waals surface area contributed by atoms with E-state index in [1.165, 1.54) is 0 Å². The molecule has 0 saturated carbocycles. The quantitative estimate of drug-likeness (QED) is 0.383. The number of piperazine rings is 1. The predicted molar refractivity (Wildman–Crippen MR) is 154 cm³/mol. The summed E-state index contributed by atoms with van der Waals surface area (Å²) in [5.41, 5.74) is 5.05. The van der Waals surface area contributed by atoms with Crippen molar-refractivity contribution in [3.05, 3.63) is 69.5 Å². The van der Waals surface area contributed by atoms with Gasteiger partial charge in [0.1, 0.15) is 0 Å². The summed E-state index contributed by atoms with van der Waals surface area (Å²) in [6.07, 6.45) is 9.31. The first-order chi connectivity index (χ1) is 17.9. The molecule has 1 atom stereocenters. The lowest BCUT2D eigenvalue weighted by atomic mass is 10.0. The number of carbonyl (C=O) groups is 1. The minimum atomic E-state index is 0.00387. The van der Waals surface area contributed by atoms with E-state index in [4.69, 9.17) is 27.9 Å². The summed E-state index contributed by atoms with van der Waals surface area (Å²) in [7, 11) is 1.73. The maximum Gasteiger partial charge on any atom is 0.253 e. The van der Waals surface area contributed by atoms with Crippen LogP contribution in [0, 0.1) is 6.92 Å². The number of allylic oxidation sites excluding steroid dienone is 2. The Kier molecular flexibility index (Phi) is 9.77. The van der Waals surface area contributed by atoms with Gasteiger partial charge in [0.05, 0.1) is 27.4 Å². The Morgan fingerprint density at radius 3 is 2.62 bits per heavy atom. The molecule has 0 spiro atoms. The molecule has 2 aromatic rings. The van der Waals surface area contributed by atoms with Crippen LogP contribution in [0.1, 0.15) is 47.9 Å². The van der Waals surface area contributed by atoms with Crippen LogP contribution in [0.2, 0.25) is 10.0 Å². The SMILES string of the molecule is CCCn1c(C2=CCC(OC)C=C2)cc(C(=O)NCCCN2CCN(c3cccc(Cl)c3Cl)CC2)c1C. The van der Waals surface area contributed by atoms with Crippen molar-refractivity contribution in [3.8, 4) is 0 Å². The average molecular weight is 546 g/mol. The van der Waals surface area contributed by atoms with Crippen LogP contribution in [0.3, 0.4) is 0 Å². The van der Waals surface area contributed by atoms with E-state index < -0.39 is 0 Å². The molecular weight excluding hydrogens is 507 g/mol. The number of nitrogens with zero attached hydrogens (tertiary/aromatic N) is 3. The van der Waals surface area contributed by atoms with Crippen LogP contribution in [0.25, 0.3) is 5.57 Å². The Hall–Kier alpha value is -2.25. The molecule has 1 aliphatic carbocycles. The second-order valence-electron chi connectivity index (χ2n) is 9.72. The summed E-state index contributed by atoms with van der Waals surface area (Å²) < 4.78 is 7.70. The van der Waals surface area contributed by atoms with E-state index in [1.54, 1.807) is 7.11 Å². The number of rotatable bonds is 10. The third kappa shape index (κ3) is 6.61. The summed E-state index contributed by atoms with van der Waals surface area (Å²) in [6.45, 7) is 10.5. The van der Waals surface area contributed by atoms with Crippen LogP contribution >= 0.6 is 23.2 Å². The maximum absolute atomic E-state index is 13.1. The summed E-state index contributed by atoms with van der Waals surface area (Å²) in [5.74, 6) is 0.00387. The number of amides is 1. The number of halogens is 2. The molecule has 0 bridgehead atoms. The van der Waals surface area contributed by atoms with Gasteiger partial charge in [-0.15, -0.1) is 0 Å². The molecule has 4 rings (SSSR count). The minimum Gasteiger partial charge on any atom is -0.377 e. The van der Waals surface area contributed by atoms with Crippen LogP contribution in [-0.2, 0) is 11.3 Å². The van der Waals surface area contributed by atoms with Crippen LogP contribution in [0.4, 0.5) is 5.69 Å². The highest BCUT2D eigenvalue weighted by molar-refractivity contribution is 6.43. The zero-order valence-corrected chi connectivity index (χ0v) is 23.6. The number of aromatic nitrogens is 1. The first kappa shape index (κ1) is 27.8. The minimum absolute atomic E-state index is 0.00387. The van der Waals surface area contributed by atoms with Crippen molar-refractivity contribution in [3.63, 3.8) is 0 Å². The van der Waals surface area contributed by atoms with E-state index in [-0.39, 0.29) is 12.0 Å². The molecule has 1 fully saturated rings. The Morgan fingerprint density at radius 2 is 1.95 bits per heavy atom. The number of nitrogens with one attached hydrogen (secondary N) is 1. The zero-order chi connectivity index (χ0) is 26.4. The first-order valence-corrected chi connectivity index (χ1v) is 14.0. The fourth-order valence-electron chi connectivity index (χ4n) is 5.14. The summed E-state index contributed by atoms with van der Waals surface area (Å²) >= 11 is 12.6. The van der Waals surface area contributed by atoms with Crippen molar-refractivity contribution in [2.24, 2.45) is 0 Å². The van der Waals surface area contributed by atoms with Gasteiger partial charge in [0.2, 0.25) is 0 Å². The fourth-order valence-corrected chi connectivity index (χ4v) is 5.56. The molecule has 1 N–H and O–H groups in total. The lowest BCUT2D eigenvalue weighted by Gasteiger charge is -2.36. The number of methoxy groups -OCH3 is 1. The standard InChI is InChI=1S/C29H38Cl2N4O2/c1-4-14-35-21(2)24(20-27(35)22-9-11-23(37-3)12-10-22)29(36)32-13-6-15-33-16-18-34(19-17-33)26-8-5-7-25(30)28(26)31/h5,7-11,20,23H,4,6,12-19H2,1-3H3,(H,32,36). The van der Waals surface area contributed by atoms with Gasteiger partial charge in [-0.3, -0.25) is 9.69 Å². The molecule has 200 valence electrons. The van der Waals surface area contributed by atoms with Gasteiger partial charge in [0.25, 0.3) is 5.91 Å². The van der Waals surface area contributed by atoms with E-state index in [2.05, 4.69) is 44.8 Å². The highest BCUT2D eigenvalue weighted by Gasteiger charge is 2.21. The number of anilines is 1. The highest BCUT2D eigenvalue weighted by atomic mass is 35.5. The normalized spacial score (nSPS) is 18.2. The molecule has 1 aliphatic heterocycles. The monoisotopic (exact) mass is 544 g/mol. The Labute approximate surface area is 230 Å². The van der Waals surface area contributed by atoms with Crippen molar-refractivity contribution in [2.75, 3.05) is 51.3 Å². The van der Waals surface area contributed by atoms with Crippen molar-refractivity contribution in [1.29, 1.82) is 0 Å². The van der Waals surface area contributed by atoms with Crippen LogP contribution in [-0.4, -0.2) is 67.9 Å². The molecule has 6 nitrogen and oxygen atoms in total. The zero-order valence-electron chi connectivity index (χ0n) is 22.1. The molecule has 1 aromatic heterocycles. The van der Waals surface area contributed by atoms with Crippen molar-refractivity contribution < 1.29 is 9.53 Å². The van der Waals surface area contributed by atoms with Crippen LogP contribution in [0.5, 0.6) is 0 Å². The van der Waals surface area contributed by atoms with E-state index in [9.17, 15) is 4.79 Å². The van der Waals surface area contributed by atoms with E-state index >= 15 is 0 Å². The molecule has 1 unspecified atom stereocenters. The molecule has 1 aromatic carbocycles. The van der Waals surface area contributed by atoms with E-state index in [1.807, 2.05) is 31.2 Å². The Morgan fingerprint density at radius 1 is 1.16 bits per heavy atom. The Bertz CT molecular complexity index is 1150. The fraction of sp³-hybridized carbons (Fsp3) is 0.483. The lowest BCUT2D eigenvalue weighted by Crippen LogP contribution is -2.47. The van der Waals surface area contributed by atoms with Crippen molar-refractivity contribution in [2.45, 2.75) is 45.8 Å². The second kappa shape index (κ2) is 13.0. The van der Waals surface area contributed by atoms with Gasteiger partial charge in [0.15, 0.2) is 0 Å². The van der Waals surface area contributed by atoms with E-state index in [0.717, 1.165) is 86.7 Å². The molecule has 1 saturated heterocycles. The van der Waals surface area contributed by atoms with E-state index in [0.29, 0.717) is 16.6 Å². The van der Waals surface area contributed by atoms with Gasteiger partial charge in [-0.25, -0.2) is 0 Å². The maximum atomic E-state index is 13.1. The van der Waals surface area contributed by atoms with Crippen molar-refractivity contribution in [1.82, 2.24) is 14.8 Å². The summed E-state index contributed by atoms with van der Waals surface area (Å²) in [5, 5.41) is 4.37. The molecule has 37 heavy (non-hydrogen) atoms. The third-order valence-electron chi connectivity index (χ3n) is 7.30. The lowest BCUT2D eigenvalue weighted by molar-refractivity contribution is 0.0950. The third-order valence-corrected chi connectivity index (χ3v) is 8.11. The van der Waals surface area contributed by atoms with Gasteiger partial charge in [0, 0.05) is 57.8 Å². The topological polar surface area (TPSA) is 49.7 Å². The number of ether oxygens (including phenoxy) is 1. The van der Waals surface area contributed by atoms with Crippen LogP contribution in [0.15, 0.2) is 42.5 Å². The summed E-state index contributed by atoms with van der Waals surface area (Å²) in [4.78, 5) is 17.8. The molecule has 2 aliphatic rings. The molecule has 2 heterocycles. The number of carbonyl (C=O) groups excluding carboxylic acids is 1. The molecular formula is C29H38Cl2N4O2. The highest BCUT2D eigenvalue weighted by Crippen LogP contribution is 2.33. The number of hydrogen-bond donors (Lipinski definition) is 1. The van der Waals surface area contributed by atoms with Crippen molar-refractivity contribution >= 4 is 40.4 Å². The van der Waals surface area contributed by atoms with Gasteiger partial charge in [-0.2, -0.15) is 0 Å². The van der Waals surface area contributed by atoms with Crippen LogP contribution < -0.4 is 10.2 Å².